The highest BCUT2D eigenvalue weighted by molar-refractivity contribution is 5.88. The van der Waals surface area contributed by atoms with Gasteiger partial charge in [0.05, 0.1) is 17.6 Å². The van der Waals surface area contributed by atoms with Crippen molar-refractivity contribution in [2.45, 2.75) is 20.1 Å². The molecule has 0 unspecified atom stereocenters. The smallest absolute Gasteiger partial charge is 0.148 e. The van der Waals surface area contributed by atoms with Crippen LogP contribution in [0.1, 0.15) is 11.4 Å². The second kappa shape index (κ2) is 8.52. The van der Waals surface area contributed by atoms with Crippen LogP contribution < -0.4 is 9.47 Å². The van der Waals surface area contributed by atoms with Gasteiger partial charge in [0.25, 0.3) is 0 Å². The Morgan fingerprint density at radius 2 is 1.48 bits per heavy atom. The first-order valence-electron chi connectivity index (χ1n) is 10.5. The Morgan fingerprint density at radius 3 is 2.42 bits per heavy atom. The van der Waals surface area contributed by atoms with Gasteiger partial charge in [-0.05, 0) is 42.1 Å². The van der Waals surface area contributed by atoms with E-state index in [4.69, 9.17) is 14.5 Å². The summed E-state index contributed by atoms with van der Waals surface area (Å²) in [7, 11) is 0. The third-order valence-electron chi connectivity index (χ3n) is 5.51. The number of imidazole rings is 1. The molecule has 4 nitrogen and oxygen atoms in total. The van der Waals surface area contributed by atoms with Crippen molar-refractivity contribution in [2.75, 3.05) is 6.61 Å². The molecule has 5 rings (SSSR count). The van der Waals surface area contributed by atoms with E-state index in [-0.39, 0.29) is 0 Å². The number of hydrogen-bond acceptors (Lipinski definition) is 3. The Hall–Kier alpha value is -3.79. The molecular weight excluding hydrogens is 384 g/mol. The summed E-state index contributed by atoms with van der Waals surface area (Å²) < 4.78 is 14.5. The van der Waals surface area contributed by atoms with Crippen LogP contribution in [0.4, 0.5) is 0 Å². The van der Waals surface area contributed by atoms with Crippen molar-refractivity contribution in [1.82, 2.24) is 9.55 Å². The number of hydrogen-bond donors (Lipinski definition) is 0. The van der Waals surface area contributed by atoms with Crippen molar-refractivity contribution < 1.29 is 9.47 Å². The number of rotatable bonds is 7. The maximum atomic E-state index is 6.24. The highest BCUT2D eigenvalue weighted by atomic mass is 16.5. The Balaban J connectivity index is 1.38. The molecule has 1 heterocycles. The average Bonchev–Trinajstić information content (AvgIpc) is 3.16. The lowest BCUT2D eigenvalue weighted by atomic mass is 10.1. The molecular formula is C27H24N2O2. The molecule has 4 aromatic carbocycles. The molecule has 0 bridgehead atoms. The number of benzene rings is 4. The Bertz CT molecular complexity index is 1330. The minimum atomic E-state index is 0.396. The molecule has 0 saturated heterocycles. The zero-order chi connectivity index (χ0) is 21.0. The van der Waals surface area contributed by atoms with Crippen LogP contribution in [0.2, 0.25) is 0 Å². The van der Waals surface area contributed by atoms with E-state index < -0.39 is 0 Å². The third-order valence-corrected chi connectivity index (χ3v) is 5.51. The molecule has 154 valence electrons. The van der Waals surface area contributed by atoms with Gasteiger partial charge in [-0.2, -0.15) is 0 Å². The van der Waals surface area contributed by atoms with Gasteiger partial charge >= 0.3 is 0 Å². The largest absolute Gasteiger partial charge is 0.491 e. The molecule has 5 aromatic rings. The fraction of sp³-hybridized carbons (Fsp3) is 0.148. The minimum Gasteiger partial charge on any atom is -0.491 e. The fourth-order valence-corrected chi connectivity index (χ4v) is 3.91. The number of nitrogens with zero attached hydrogens (tertiary/aromatic N) is 2. The van der Waals surface area contributed by atoms with Gasteiger partial charge in [0, 0.05) is 5.39 Å². The summed E-state index contributed by atoms with van der Waals surface area (Å²) >= 11 is 0. The van der Waals surface area contributed by atoms with E-state index in [0.29, 0.717) is 19.8 Å². The van der Waals surface area contributed by atoms with Crippen LogP contribution in [0.15, 0.2) is 91.0 Å². The predicted molar refractivity (Wildman–Crippen MR) is 125 cm³/mol. The zero-order valence-corrected chi connectivity index (χ0v) is 17.5. The topological polar surface area (TPSA) is 36.3 Å². The number of fused-ring (bicyclic) bond motifs is 2. The predicted octanol–water partition coefficient (Wildman–Crippen LogP) is 6.16. The van der Waals surface area contributed by atoms with E-state index in [9.17, 15) is 0 Å². The molecule has 0 aliphatic carbocycles. The van der Waals surface area contributed by atoms with Crippen LogP contribution in [0.5, 0.6) is 11.5 Å². The highest BCUT2D eigenvalue weighted by Gasteiger charge is 2.12. The Morgan fingerprint density at radius 1 is 0.742 bits per heavy atom. The molecule has 0 amide bonds. The lowest BCUT2D eigenvalue weighted by Gasteiger charge is -2.13. The number of ether oxygens (including phenoxy) is 2. The molecule has 31 heavy (non-hydrogen) atoms. The number of aryl methyl sites for hydroxylation is 1. The van der Waals surface area contributed by atoms with Crippen molar-refractivity contribution in [2.24, 2.45) is 0 Å². The zero-order valence-electron chi connectivity index (χ0n) is 17.5. The summed E-state index contributed by atoms with van der Waals surface area (Å²) in [6.45, 7) is 3.72. The minimum absolute atomic E-state index is 0.396. The van der Waals surface area contributed by atoms with Gasteiger partial charge < -0.3 is 14.0 Å². The van der Waals surface area contributed by atoms with Gasteiger partial charge in [0.15, 0.2) is 0 Å². The first kappa shape index (κ1) is 19.2. The quantitative estimate of drug-likeness (QED) is 0.324. The summed E-state index contributed by atoms with van der Waals surface area (Å²) in [6, 6.07) is 30.7. The second-order valence-corrected chi connectivity index (χ2v) is 7.55. The van der Waals surface area contributed by atoms with Crippen molar-refractivity contribution in [3.05, 3.63) is 102 Å². The van der Waals surface area contributed by atoms with E-state index in [2.05, 4.69) is 41.8 Å². The Labute approximate surface area is 181 Å². The van der Waals surface area contributed by atoms with Crippen molar-refractivity contribution in [1.29, 1.82) is 0 Å². The molecule has 0 saturated carbocycles. The van der Waals surface area contributed by atoms with Crippen LogP contribution in [0.25, 0.3) is 21.8 Å². The first-order valence-corrected chi connectivity index (χ1v) is 10.5. The molecule has 4 heteroatoms. The van der Waals surface area contributed by atoms with Gasteiger partial charge in [-0.1, -0.05) is 66.7 Å². The van der Waals surface area contributed by atoms with Crippen LogP contribution >= 0.6 is 0 Å². The molecule has 1 aromatic heterocycles. The molecule has 0 radical (unpaired) electrons. The molecule has 0 atom stereocenters. The van der Waals surface area contributed by atoms with Crippen molar-refractivity contribution >= 4 is 21.8 Å². The van der Waals surface area contributed by atoms with Gasteiger partial charge in [-0.15, -0.1) is 0 Å². The van der Waals surface area contributed by atoms with Gasteiger partial charge in [-0.25, -0.2) is 4.98 Å². The van der Waals surface area contributed by atoms with E-state index in [1.54, 1.807) is 0 Å². The van der Waals surface area contributed by atoms with Gasteiger partial charge in [0.2, 0.25) is 0 Å². The maximum absolute atomic E-state index is 6.24. The normalized spacial score (nSPS) is 11.1. The van der Waals surface area contributed by atoms with Crippen molar-refractivity contribution in [3.8, 4) is 11.5 Å². The van der Waals surface area contributed by atoms with E-state index in [1.165, 1.54) is 5.39 Å². The van der Waals surface area contributed by atoms with Crippen molar-refractivity contribution in [3.63, 3.8) is 0 Å². The molecule has 0 aliphatic heterocycles. The van der Waals surface area contributed by atoms with E-state index >= 15 is 0 Å². The molecule has 0 fully saturated rings. The van der Waals surface area contributed by atoms with Crippen LogP contribution in [0, 0.1) is 6.92 Å². The summed E-state index contributed by atoms with van der Waals surface area (Å²) in [5.41, 5.74) is 3.19. The standard InChI is InChI=1S/C27H24N2O2/c1-20-9-2-7-15-25(20)30-18-17-29-24-14-6-5-13-23(24)28-27(29)19-31-26-16-8-11-21-10-3-4-12-22(21)26/h2-16H,17-19H2,1H3. The Kier molecular flexibility index (Phi) is 5.28. The van der Waals surface area contributed by atoms with Gasteiger partial charge in [-0.3, -0.25) is 0 Å². The third kappa shape index (κ3) is 3.97. The summed E-state index contributed by atoms with van der Waals surface area (Å²) in [5.74, 6) is 2.68. The number of para-hydroxylation sites is 3. The second-order valence-electron chi connectivity index (χ2n) is 7.55. The monoisotopic (exact) mass is 408 g/mol. The van der Waals surface area contributed by atoms with Crippen LogP contribution in [-0.2, 0) is 13.2 Å². The van der Waals surface area contributed by atoms with E-state index in [1.807, 2.05) is 60.7 Å². The number of aromatic nitrogens is 2. The molecule has 0 N–H and O–H groups in total. The molecule has 0 spiro atoms. The highest BCUT2D eigenvalue weighted by Crippen LogP contribution is 2.26. The summed E-state index contributed by atoms with van der Waals surface area (Å²) in [4.78, 5) is 4.83. The summed E-state index contributed by atoms with van der Waals surface area (Å²) in [5, 5.41) is 2.27. The average molecular weight is 409 g/mol. The SMILES string of the molecule is Cc1ccccc1OCCn1c(COc2cccc3ccccc23)nc2ccccc21. The van der Waals surface area contributed by atoms with Crippen LogP contribution in [-0.4, -0.2) is 16.2 Å². The van der Waals surface area contributed by atoms with Crippen LogP contribution in [0.3, 0.4) is 0 Å². The lowest BCUT2D eigenvalue weighted by molar-refractivity contribution is 0.273. The lowest BCUT2D eigenvalue weighted by Crippen LogP contribution is -2.13. The maximum Gasteiger partial charge on any atom is 0.148 e. The first-order chi connectivity index (χ1) is 15.3. The van der Waals surface area contributed by atoms with E-state index in [0.717, 1.165) is 39.3 Å². The van der Waals surface area contributed by atoms with Gasteiger partial charge in [0.1, 0.15) is 30.5 Å². The molecule has 0 aliphatic rings. The summed E-state index contributed by atoms with van der Waals surface area (Å²) in [6.07, 6.45) is 0. The fourth-order valence-electron chi connectivity index (χ4n) is 3.91.